The highest BCUT2D eigenvalue weighted by atomic mass is 16.6. The number of non-ortho nitro benzene ring substituents is 1. The standard InChI is InChI=1S/C19H16N4O5/c1-27-18-11-14(23(25)26)7-9-16(18)17-10-8-15(28-17)12-20-22-19(24)21-13-5-3-2-4-6-13/h2-12H,1H3,(H2,21,22,24). The molecule has 9 heteroatoms. The number of amides is 2. The number of nitrogens with one attached hydrogen (secondary N) is 2. The van der Waals surface area contributed by atoms with E-state index >= 15 is 0 Å². The van der Waals surface area contributed by atoms with Gasteiger partial charge >= 0.3 is 6.03 Å². The summed E-state index contributed by atoms with van der Waals surface area (Å²) in [5, 5.41) is 17.3. The minimum atomic E-state index is -0.501. The lowest BCUT2D eigenvalue weighted by Gasteiger charge is -2.05. The molecule has 2 aromatic carbocycles. The first-order valence-corrected chi connectivity index (χ1v) is 8.14. The number of methoxy groups -OCH3 is 1. The number of nitrogens with zero attached hydrogens (tertiary/aromatic N) is 2. The molecule has 0 unspecified atom stereocenters. The van der Waals surface area contributed by atoms with E-state index in [1.807, 2.05) is 6.07 Å². The second-order valence-electron chi connectivity index (χ2n) is 5.53. The van der Waals surface area contributed by atoms with Gasteiger partial charge < -0.3 is 14.5 Å². The average molecular weight is 380 g/mol. The van der Waals surface area contributed by atoms with Crippen molar-refractivity contribution in [3.8, 4) is 17.1 Å². The number of urea groups is 1. The number of ether oxygens (including phenoxy) is 1. The van der Waals surface area contributed by atoms with E-state index in [9.17, 15) is 14.9 Å². The number of hydrogen-bond donors (Lipinski definition) is 2. The number of hydrazone groups is 1. The number of carbonyl (C=O) groups is 1. The van der Waals surface area contributed by atoms with Crippen LogP contribution in [0.4, 0.5) is 16.2 Å². The van der Waals surface area contributed by atoms with Crippen molar-refractivity contribution in [1.29, 1.82) is 0 Å². The summed E-state index contributed by atoms with van der Waals surface area (Å²) >= 11 is 0. The van der Waals surface area contributed by atoms with Gasteiger partial charge in [0.05, 0.1) is 29.9 Å². The average Bonchev–Trinajstić information content (AvgIpc) is 3.16. The van der Waals surface area contributed by atoms with Gasteiger partial charge in [0.15, 0.2) is 0 Å². The highest BCUT2D eigenvalue weighted by molar-refractivity contribution is 5.90. The molecule has 1 heterocycles. The van der Waals surface area contributed by atoms with Gasteiger partial charge in [-0.2, -0.15) is 5.10 Å². The minimum Gasteiger partial charge on any atom is -0.496 e. The highest BCUT2D eigenvalue weighted by Crippen LogP contribution is 2.33. The molecule has 0 saturated heterocycles. The fraction of sp³-hybridized carbons (Fsp3) is 0.0526. The van der Waals surface area contributed by atoms with Crippen molar-refractivity contribution in [2.45, 2.75) is 0 Å². The summed E-state index contributed by atoms with van der Waals surface area (Å²) in [4.78, 5) is 22.1. The van der Waals surface area contributed by atoms with E-state index in [1.165, 1.54) is 25.5 Å². The molecule has 0 bridgehead atoms. The van der Waals surface area contributed by atoms with Crippen molar-refractivity contribution in [2.75, 3.05) is 12.4 Å². The van der Waals surface area contributed by atoms with Gasteiger partial charge in [-0.15, -0.1) is 0 Å². The molecular formula is C19H16N4O5. The Balaban J connectivity index is 1.66. The Morgan fingerprint density at radius 2 is 1.96 bits per heavy atom. The van der Waals surface area contributed by atoms with Gasteiger partial charge in [-0.1, -0.05) is 18.2 Å². The monoisotopic (exact) mass is 380 g/mol. The van der Waals surface area contributed by atoms with Crippen molar-refractivity contribution < 1.29 is 18.9 Å². The normalized spacial score (nSPS) is 10.6. The van der Waals surface area contributed by atoms with E-state index in [1.54, 1.807) is 42.5 Å². The molecule has 142 valence electrons. The van der Waals surface area contributed by atoms with E-state index in [0.29, 0.717) is 28.5 Å². The van der Waals surface area contributed by atoms with Crippen LogP contribution in [0.5, 0.6) is 5.75 Å². The van der Waals surface area contributed by atoms with E-state index in [2.05, 4.69) is 15.8 Å². The van der Waals surface area contributed by atoms with Crippen LogP contribution in [0.3, 0.4) is 0 Å². The number of nitro groups is 1. The van der Waals surface area contributed by atoms with Gasteiger partial charge in [0.25, 0.3) is 5.69 Å². The molecule has 0 saturated carbocycles. The summed E-state index contributed by atoms with van der Waals surface area (Å²) in [6.45, 7) is 0. The Morgan fingerprint density at radius 3 is 2.68 bits per heavy atom. The molecule has 3 rings (SSSR count). The number of hydrogen-bond acceptors (Lipinski definition) is 6. The fourth-order valence-electron chi connectivity index (χ4n) is 2.40. The highest BCUT2D eigenvalue weighted by Gasteiger charge is 2.15. The lowest BCUT2D eigenvalue weighted by molar-refractivity contribution is -0.384. The first kappa shape index (κ1) is 18.6. The van der Waals surface area contributed by atoms with Crippen LogP contribution in [0.2, 0.25) is 0 Å². The second kappa shape index (κ2) is 8.49. The Labute approximate surface area is 159 Å². The number of benzene rings is 2. The Kier molecular flexibility index (Phi) is 5.66. The molecule has 0 fully saturated rings. The SMILES string of the molecule is COc1cc([N+](=O)[O-])ccc1-c1ccc(C=NNC(=O)Nc2ccccc2)o1. The molecular weight excluding hydrogens is 364 g/mol. The van der Waals surface area contributed by atoms with E-state index in [0.717, 1.165) is 0 Å². The molecule has 2 N–H and O–H groups in total. The van der Waals surface area contributed by atoms with Crippen molar-refractivity contribution in [2.24, 2.45) is 5.10 Å². The van der Waals surface area contributed by atoms with Gasteiger partial charge in [-0.05, 0) is 30.3 Å². The zero-order chi connectivity index (χ0) is 19.9. The van der Waals surface area contributed by atoms with Crippen LogP contribution >= 0.6 is 0 Å². The zero-order valence-corrected chi connectivity index (χ0v) is 14.8. The van der Waals surface area contributed by atoms with Gasteiger partial charge in [-0.3, -0.25) is 10.1 Å². The van der Waals surface area contributed by atoms with Gasteiger partial charge in [0.2, 0.25) is 0 Å². The van der Waals surface area contributed by atoms with Crippen LogP contribution in [0.15, 0.2) is 70.2 Å². The summed E-state index contributed by atoms with van der Waals surface area (Å²) in [6, 6.07) is 16.0. The number of nitro benzene ring substituents is 1. The third-order valence-electron chi connectivity index (χ3n) is 3.68. The van der Waals surface area contributed by atoms with Crippen molar-refractivity contribution in [3.63, 3.8) is 0 Å². The maximum atomic E-state index is 11.8. The number of para-hydroxylation sites is 1. The van der Waals surface area contributed by atoms with Crippen LogP contribution in [-0.4, -0.2) is 24.3 Å². The van der Waals surface area contributed by atoms with Crippen molar-refractivity contribution >= 4 is 23.6 Å². The van der Waals surface area contributed by atoms with Gasteiger partial charge in [0.1, 0.15) is 17.3 Å². The van der Waals surface area contributed by atoms with Crippen LogP contribution in [0, 0.1) is 10.1 Å². The third-order valence-corrected chi connectivity index (χ3v) is 3.68. The predicted octanol–water partition coefficient (Wildman–Crippen LogP) is 4.02. The van der Waals surface area contributed by atoms with E-state index in [4.69, 9.17) is 9.15 Å². The predicted molar refractivity (Wildman–Crippen MR) is 104 cm³/mol. The maximum Gasteiger partial charge on any atom is 0.339 e. The quantitative estimate of drug-likeness (QED) is 0.380. The molecule has 0 aliphatic carbocycles. The molecule has 2 amide bonds. The molecule has 28 heavy (non-hydrogen) atoms. The number of anilines is 1. The van der Waals surface area contributed by atoms with Crippen LogP contribution in [0.1, 0.15) is 5.76 Å². The van der Waals surface area contributed by atoms with E-state index in [-0.39, 0.29) is 5.69 Å². The first-order chi connectivity index (χ1) is 13.6. The summed E-state index contributed by atoms with van der Waals surface area (Å²) in [5.74, 6) is 1.14. The molecule has 1 aromatic heterocycles. The number of carbonyl (C=O) groups excluding carboxylic acids is 1. The third kappa shape index (κ3) is 4.52. The largest absolute Gasteiger partial charge is 0.496 e. The topological polar surface area (TPSA) is 119 Å². The molecule has 9 nitrogen and oxygen atoms in total. The minimum absolute atomic E-state index is 0.0810. The molecule has 3 aromatic rings. The van der Waals surface area contributed by atoms with Crippen LogP contribution < -0.4 is 15.5 Å². The molecule has 0 aliphatic rings. The number of rotatable bonds is 6. The number of furan rings is 1. The first-order valence-electron chi connectivity index (χ1n) is 8.14. The van der Waals surface area contributed by atoms with Crippen LogP contribution in [0.25, 0.3) is 11.3 Å². The molecule has 0 spiro atoms. The molecule has 0 aliphatic heterocycles. The Morgan fingerprint density at radius 1 is 1.18 bits per heavy atom. The van der Waals surface area contributed by atoms with Crippen LogP contribution in [-0.2, 0) is 0 Å². The lowest BCUT2D eigenvalue weighted by atomic mass is 10.1. The molecule has 0 radical (unpaired) electrons. The van der Waals surface area contributed by atoms with Crippen molar-refractivity contribution in [3.05, 3.63) is 76.5 Å². The second-order valence-corrected chi connectivity index (χ2v) is 5.53. The maximum absolute atomic E-state index is 11.8. The van der Waals surface area contributed by atoms with Crippen molar-refractivity contribution in [1.82, 2.24) is 5.43 Å². The summed E-state index contributed by atoms with van der Waals surface area (Å²) in [5.41, 5.74) is 3.45. The Hall–Kier alpha value is -4.14. The Bertz CT molecular complexity index is 1010. The lowest BCUT2D eigenvalue weighted by Crippen LogP contribution is -2.24. The fourth-order valence-corrected chi connectivity index (χ4v) is 2.40. The summed E-state index contributed by atoms with van der Waals surface area (Å²) in [6.07, 6.45) is 1.34. The summed E-state index contributed by atoms with van der Waals surface area (Å²) < 4.78 is 10.8. The van der Waals surface area contributed by atoms with Gasteiger partial charge in [0, 0.05) is 11.8 Å². The van der Waals surface area contributed by atoms with E-state index < -0.39 is 11.0 Å². The molecule has 0 atom stereocenters. The van der Waals surface area contributed by atoms with Gasteiger partial charge in [-0.25, -0.2) is 10.2 Å². The summed E-state index contributed by atoms with van der Waals surface area (Å²) in [7, 11) is 1.42. The smallest absolute Gasteiger partial charge is 0.339 e. The zero-order valence-electron chi connectivity index (χ0n) is 14.8.